The number of ether oxygens (including phenoxy) is 1. The van der Waals surface area contributed by atoms with Crippen molar-refractivity contribution in [2.24, 2.45) is 0 Å². The third-order valence-corrected chi connectivity index (χ3v) is 3.69. The Bertz CT molecular complexity index is 275. The van der Waals surface area contributed by atoms with Crippen molar-refractivity contribution in [1.29, 1.82) is 0 Å². The molecule has 0 spiro atoms. The first-order valence-corrected chi connectivity index (χ1v) is 6.03. The van der Waals surface area contributed by atoms with Gasteiger partial charge in [0.1, 0.15) is 0 Å². The van der Waals surface area contributed by atoms with Crippen LogP contribution in [0.5, 0.6) is 0 Å². The van der Waals surface area contributed by atoms with Gasteiger partial charge < -0.3 is 4.74 Å². The highest BCUT2D eigenvalue weighted by atomic mass is 32.2. The molecule has 0 amide bonds. The molecule has 1 nitrogen and oxygen atoms in total. The van der Waals surface area contributed by atoms with Gasteiger partial charge in [-0.05, 0) is 31.9 Å². The number of rotatable bonds is 2. The molecule has 0 aromatic heterocycles. The van der Waals surface area contributed by atoms with Gasteiger partial charge in [-0.25, -0.2) is 0 Å². The molecule has 1 aromatic rings. The van der Waals surface area contributed by atoms with Gasteiger partial charge in [-0.3, -0.25) is 0 Å². The van der Waals surface area contributed by atoms with E-state index in [4.69, 9.17) is 4.74 Å². The Morgan fingerprint density at radius 1 is 1.29 bits per heavy atom. The van der Waals surface area contributed by atoms with Crippen LogP contribution in [0.2, 0.25) is 0 Å². The predicted octanol–water partition coefficient (Wildman–Crippen LogP) is 3.27. The van der Waals surface area contributed by atoms with Crippen LogP contribution in [-0.2, 0) is 4.74 Å². The summed E-state index contributed by atoms with van der Waals surface area (Å²) in [5.74, 6) is 0. The number of hydrogen-bond acceptors (Lipinski definition) is 2. The van der Waals surface area contributed by atoms with Crippen LogP contribution in [0.3, 0.4) is 0 Å². The highest BCUT2D eigenvalue weighted by Gasteiger charge is 2.14. The summed E-state index contributed by atoms with van der Waals surface area (Å²) in [5.41, 5.74) is 1.33. The summed E-state index contributed by atoms with van der Waals surface area (Å²) in [7, 11) is 0. The lowest BCUT2D eigenvalue weighted by Crippen LogP contribution is -2.18. The molecule has 1 aliphatic rings. The zero-order valence-electron chi connectivity index (χ0n) is 8.53. The Hall–Kier alpha value is -0.470. The van der Waals surface area contributed by atoms with Crippen molar-refractivity contribution in [2.45, 2.75) is 29.9 Å². The Balaban J connectivity index is 1.92. The zero-order valence-corrected chi connectivity index (χ0v) is 9.35. The van der Waals surface area contributed by atoms with Crippen LogP contribution in [0.15, 0.2) is 29.2 Å². The fraction of sp³-hybridized carbons (Fsp3) is 0.500. The van der Waals surface area contributed by atoms with E-state index in [9.17, 15) is 0 Å². The number of benzene rings is 1. The van der Waals surface area contributed by atoms with E-state index >= 15 is 0 Å². The topological polar surface area (TPSA) is 9.23 Å². The minimum absolute atomic E-state index is 0.659. The van der Waals surface area contributed by atoms with Crippen molar-refractivity contribution in [3.63, 3.8) is 0 Å². The van der Waals surface area contributed by atoms with Gasteiger partial charge in [-0.2, -0.15) is 0 Å². The minimum atomic E-state index is 0.659. The summed E-state index contributed by atoms with van der Waals surface area (Å²) in [6.45, 7) is 3.99. The molecular weight excluding hydrogens is 192 g/mol. The lowest BCUT2D eigenvalue weighted by molar-refractivity contribution is 0.101. The van der Waals surface area contributed by atoms with Crippen molar-refractivity contribution in [1.82, 2.24) is 0 Å². The summed E-state index contributed by atoms with van der Waals surface area (Å²) >= 11 is 1.95. The zero-order chi connectivity index (χ0) is 9.80. The smallest absolute Gasteiger partial charge is 0.0588 e. The molecule has 1 heterocycles. The summed E-state index contributed by atoms with van der Waals surface area (Å²) in [6.07, 6.45) is 2.50. The highest BCUT2D eigenvalue weighted by Crippen LogP contribution is 2.28. The second-order valence-electron chi connectivity index (χ2n) is 3.77. The van der Waals surface area contributed by atoms with Crippen LogP contribution < -0.4 is 0 Å². The molecule has 1 fully saturated rings. The van der Waals surface area contributed by atoms with Gasteiger partial charge in [0.15, 0.2) is 0 Å². The quantitative estimate of drug-likeness (QED) is 0.737. The molecule has 1 aromatic carbocycles. The predicted molar refractivity (Wildman–Crippen MR) is 60.9 cm³/mol. The minimum Gasteiger partial charge on any atom is -0.380 e. The molecule has 76 valence electrons. The normalized spacial score (nSPS) is 22.2. The van der Waals surface area contributed by atoms with E-state index in [0.29, 0.717) is 5.25 Å². The van der Waals surface area contributed by atoms with Crippen LogP contribution in [-0.4, -0.2) is 18.5 Å². The molecule has 1 unspecified atom stereocenters. The van der Waals surface area contributed by atoms with E-state index in [1.807, 2.05) is 11.8 Å². The standard InChI is InChI=1S/C12H16OS/c1-10-4-6-11(7-5-10)14-12-3-2-8-13-9-12/h4-7,12H,2-3,8-9H2,1H3. The van der Waals surface area contributed by atoms with Crippen LogP contribution in [0.25, 0.3) is 0 Å². The van der Waals surface area contributed by atoms with Crippen LogP contribution in [0, 0.1) is 6.92 Å². The summed E-state index contributed by atoms with van der Waals surface area (Å²) in [5, 5.41) is 0.659. The van der Waals surface area contributed by atoms with Crippen molar-refractivity contribution in [3.05, 3.63) is 29.8 Å². The molecule has 0 radical (unpaired) electrons. The first-order valence-electron chi connectivity index (χ1n) is 5.16. The summed E-state index contributed by atoms with van der Waals surface area (Å²) in [6, 6.07) is 8.75. The van der Waals surface area contributed by atoms with E-state index in [2.05, 4.69) is 31.2 Å². The lowest BCUT2D eigenvalue weighted by Gasteiger charge is -2.21. The molecular formula is C12H16OS. The molecule has 2 rings (SSSR count). The maximum atomic E-state index is 5.46. The largest absolute Gasteiger partial charge is 0.380 e. The van der Waals surface area contributed by atoms with Gasteiger partial charge in [0.05, 0.1) is 6.61 Å². The van der Waals surface area contributed by atoms with Crippen LogP contribution >= 0.6 is 11.8 Å². The Morgan fingerprint density at radius 3 is 2.71 bits per heavy atom. The number of hydrogen-bond donors (Lipinski definition) is 0. The van der Waals surface area contributed by atoms with E-state index in [0.717, 1.165) is 13.2 Å². The molecule has 0 bridgehead atoms. The van der Waals surface area contributed by atoms with Gasteiger partial charge in [-0.1, -0.05) is 17.7 Å². The third kappa shape index (κ3) is 2.76. The SMILES string of the molecule is Cc1ccc(SC2CCCOC2)cc1. The third-order valence-electron chi connectivity index (χ3n) is 2.44. The fourth-order valence-electron chi connectivity index (χ4n) is 1.61. The van der Waals surface area contributed by atoms with Gasteiger partial charge >= 0.3 is 0 Å². The molecule has 0 aliphatic carbocycles. The molecule has 14 heavy (non-hydrogen) atoms. The van der Waals surface area contributed by atoms with Crippen LogP contribution in [0.1, 0.15) is 18.4 Å². The van der Waals surface area contributed by atoms with Crippen molar-refractivity contribution < 1.29 is 4.74 Å². The van der Waals surface area contributed by atoms with Gasteiger partial charge in [0, 0.05) is 16.8 Å². The van der Waals surface area contributed by atoms with Gasteiger partial charge in [-0.15, -0.1) is 11.8 Å². The number of aryl methyl sites for hydroxylation is 1. The molecule has 0 saturated carbocycles. The molecule has 1 saturated heterocycles. The molecule has 1 atom stereocenters. The monoisotopic (exact) mass is 208 g/mol. The van der Waals surface area contributed by atoms with Crippen molar-refractivity contribution in [3.8, 4) is 0 Å². The molecule has 0 N–H and O–H groups in total. The van der Waals surface area contributed by atoms with E-state index < -0.39 is 0 Å². The van der Waals surface area contributed by atoms with Gasteiger partial charge in [0.2, 0.25) is 0 Å². The van der Waals surface area contributed by atoms with Gasteiger partial charge in [0.25, 0.3) is 0 Å². The second kappa shape index (κ2) is 4.85. The first-order chi connectivity index (χ1) is 6.84. The average molecular weight is 208 g/mol. The Morgan fingerprint density at radius 2 is 2.07 bits per heavy atom. The first kappa shape index (κ1) is 10.1. The Kier molecular flexibility index (Phi) is 3.49. The van der Waals surface area contributed by atoms with E-state index in [-0.39, 0.29) is 0 Å². The van der Waals surface area contributed by atoms with Crippen molar-refractivity contribution in [2.75, 3.05) is 13.2 Å². The highest BCUT2D eigenvalue weighted by molar-refractivity contribution is 8.00. The average Bonchev–Trinajstić information content (AvgIpc) is 2.23. The Labute approximate surface area is 89.9 Å². The lowest BCUT2D eigenvalue weighted by atomic mass is 10.2. The maximum Gasteiger partial charge on any atom is 0.0588 e. The summed E-state index contributed by atoms with van der Waals surface area (Å²) in [4.78, 5) is 1.37. The summed E-state index contributed by atoms with van der Waals surface area (Å²) < 4.78 is 5.46. The van der Waals surface area contributed by atoms with E-state index in [1.54, 1.807) is 0 Å². The number of thioether (sulfide) groups is 1. The van der Waals surface area contributed by atoms with E-state index in [1.165, 1.54) is 23.3 Å². The molecule has 1 aliphatic heterocycles. The second-order valence-corrected chi connectivity index (χ2v) is 5.14. The van der Waals surface area contributed by atoms with Crippen molar-refractivity contribution >= 4 is 11.8 Å². The maximum absolute atomic E-state index is 5.46. The fourth-order valence-corrected chi connectivity index (χ4v) is 2.74. The molecule has 2 heteroatoms. The van der Waals surface area contributed by atoms with Crippen LogP contribution in [0.4, 0.5) is 0 Å².